The highest BCUT2D eigenvalue weighted by atomic mass is 16.5. The van der Waals surface area contributed by atoms with Crippen LogP contribution in [0.15, 0.2) is 54.6 Å². The lowest BCUT2D eigenvalue weighted by Gasteiger charge is -2.34. The topological polar surface area (TPSA) is 338 Å². The Labute approximate surface area is 397 Å². The number of para-hydroxylation sites is 1. The summed E-state index contributed by atoms with van der Waals surface area (Å²) in [6.45, 7) is -0.198. The number of benzene rings is 2. The van der Waals surface area contributed by atoms with E-state index in [1.165, 1.54) is 7.05 Å². The van der Waals surface area contributed by atoms with Crippen molar-refractivity contribution in [3.63, 3.8) is 0 Å². The number of aliphatic hydroxyl groups is 4. The van der Waals surface area contributed by atoms with Gasteiger partial charge in [-0.2, -0.15) is 0 Å². The molecule has 22 heteroatoms. The van der Waals surface area contributed by atoms with Crippen molar-refractivity contribution in [2.24, 2.45) is 5.92 Å². The Morgan fingerprint density at radius 2 is 1.52 bits per heavy atom. The maximum atomic E-state index is 13.7. The van der Waals surface area contributed by atoms with Gasteiger partial charge in [0.1, 0.15) is 23.6 Å². The minimum absolute atomic E-state index is 0.168. The summed E-state index contributed by atoms with van der Waals surface area (Å²) < 4.78 is 5.18. The van der Waals surface area contributed by atoms with Gasteiger partial charge in [-0.1, -0.05) is 55.8 Å². The van der Waals surface area contributed by atoms with Gasteiger partial charge >= 0.3 is 5.97 Å². The number of aliphatic hydroxyl groups excluding tert-OH is 4. The number of carboxylic acids is 1. The Balaban J connectivity index is 1.30. The number of allylic oxidation sites excluding steroid dienone is 1. The Morgan fingerprint density at radius 3 is 2.23 bits per heavy atom. The molecule has 69 heavy (non-hydrogen) atoms. The van der Waals surface area contributed by atoms with E-state index in [1.807, 2.05) is 36.4 Å². The molecule has 2 saturated heterocycles. The number of β-amino-alcohol motifs (C(OH)–C–C–N with tert-alkyl or cyclic N) is 1. The van der Waals surface area contributed by atoms with Crippen molar-refractivity contribution in [1.82, 2.24) is 41.8 Å². The summed E-state index contributed by atoms with van der Waals surface area (Å²) in [5.74, 6) is -7.22. The van der Waals surface area contributed by atoms with E-state index in [0.29, 0.717) is 30.2 Å². The molecule has 2 aromatic carbocycles. The molecule has 9 atom stereocenters. The van der Waals surface area contributed by atoms with E-state index in [0.717, 1.165) is 22.6 Å². The van der Waals surface area contributed by atoms with Crippen LogP contribution in [-0.4, -0.2) is 165 Å². The third-order valence-corrected chi connectivity index (χ3v) is 12.2. The molecule has 1 aromatic heterocycles. The molecular formula is C47H62N8O14. The molecule has 5 rings (SSSR count). The maximum absolute atomic E-state index is 13.7. The molecule has 0 unspecified atom stereocenters. The number of aromatic nitrogens is 1. The second-order valence-corrected chi connectivity index (χ2v) is 17.4. The lowest BCUT2D eigenvalue weighted by molar-refractivity contribution is -0.140. The summed E-state index contributed by atoms with van der Waals surface area (Å²) in [5, 5.41) is 70.0. The highest BCUT2D eigenvalue weighted by molar-refractivity contribution is 5.99. The molecule has 0 bridgehead atoms. The molecule has 374 valence electrons. The lowest BCUT2D eigenvalue weighted by Crippen LogP contribution is -2.61. The fraction of sp³-hybridized carbons (Fsp3) is 0.489. The van der Waals surface area contributed by atoms with Crippen LogP contribution in [-0.2, 0) is 40.0 Å². The van der Waals surface area contributed by atoms with Crippen molar-refractivity contribution in [2.75, 3.05) is 33.8 Å². The predicted molar refractivity (Wildman–Crippen MR) is 248 cm³/mol. The summed E-state index contributed by atoms with van der Waals surface area (Å²) in [7, 11) is 2.86. The number of fused-ring (bicyclic) bond motifs is 2. The van der Waals surface area contributed by atoms with Crippen molar-refractivity contribution in [3.8, 4) is 5.75 Å². The third kappa shape index (κ3) is 15.1. The SMILES string of the molecule is COc1ccc(/C=C/CCCC[C@H](C)[C@H](O)[C@@H](O)[C@H]2NC(=O)C[C@@H](O)CNC(=O)CNC(=O)[C@@H](Cc3c(C(=O)O)[nH]c4ccccc34)NC(=O)CN(C)C(=O)C[C@H]3NC(=O)C[C@H]3NC(=O)[C@H]2O)cc1. The molecule has 7 amide bonds. The van der Waals surface area contributed by atoms with Gasteiger partial charge in [-0.25, -0.2) is 4.79 Å². The van der Waals surface area contributed by atoms with Crippen LogP contribution in [0.4, 0.5) is 0 Å². The molecule has 3 heterocycles. The van der Waals surface area contributed by atoms with Crippen LogP contribution in [0.25, 0.3) is 17.0 Å². The van der Waals surface area contributed by atoms with E-state index < -0.39 is 134 Å². The normalized spacial score (nSPS) is 24.3. The second kappa shape index (κ2) is 24.9. The van der Waals surface area contributed by atoms with E-state index in [-0.39, 0.29) is 24.1 Å². The highest BCUT2D eigenvalue weighted by Gasteiger charge is 2.42. The van der Waals surface area contributed by atoms with Gasteiger partial charge in [0.2, 0.25) is 35.4 Å². The summed E-state index contributed by atoms with van der Waals surface area (Å²) in [6, 6.07) is 8.59. The largest absolute Gasteiger partial charge is 0.497 e. The van der Waals surface area contributed by atoms with Crippen molar-refractivity contribution in [1.29, 1.82) is 0 Å². The number of carbonyl (C=O) groups is 8. The van der Waals surface area contributed by atoms with Crippen molar-refractivity contribution in [3.05, 3.63) is 71.4 Å². The van der Waals surface area contributed by atoms with Gasteiger partial charge in [-0.15, -0.1) is 0 Å². The van der Waals surface area contributed by atoms with Crippen molar-refractivity contribution >= 4 is 64.3 Å². The van der Waals surface area contributed by atoms with E-state index in [9.17, 15) is 63.9 Å². The van der Waals surface area contributed by atoms with Crippen LogP contribution < -0.4 is 36.6 Å². The minimum atomic E-state index is -2.24. The summed E-state index contributed by atoms with van der Waals surface area (Å²) in [6.07, 6.45) is -2.78. The molecule has 12 N–H and O–H groups in total. The highest BCUT2D eigenvalue weighted by Crippen LogP contribution is 2.25. The Morgan fingerprint density at radius 1 is 0.826 bits per heavy atom. The molecule has 22 nitrogen and oxygen atoms in total. The number of aromatic carboxylic acids is 1. The number of nitrogens with one attached hydrogen (secondary N) is 7. The number of aromatic amines is 1. The van der Waals surface area contributed by atoms with Crippen LogP contribution >= 0.6 is 0 Å². The van der Waals surface area contributed by atoms with Gasteiger partial charge < -0.3 is 72.1 Å². The molecule has 0 radical (unpaired) electrons. The maximum Gasteiger partial charge on any atom is 0.352 e. The van der Waals surface area contributed by atoms with E-state index in [1.54, 1.807) is 38.3 Å². The molecule has 0 aliphatic carbocycles. The van der Waals surface area contributed by atoms with Gasteiger partial charge in [-0.05, 0) is 54.5 Å². The Hall–Kier alpha value is -6.88. The van der Waals surface area contributed by atoms with Gasteiger partial charge in [0, 0.05) is 43.8 Å². The number of H-pyrrole nitrogens is 1. The number of carboxylic acid groups (broad SMARTS) is 1. The number of hydrogen-bond donors (Lipinski definition) is 12. The number of hydrogen-bond acceptors (Lipinski definition) is 13. The van der Waals surface area contributed by atoms with Gasteiger partial charge in [0.15, 0.2) is 6.10 Å². The number of amides is 7. The lowest BCUT2D eigenvalue weighted by atomic mass is 9.88. The standard InChI is InChI=1S/C47H62N8O14/c1-25(10-6-4-5-7-11-26-14-16-28(69-3)17-15-26)42(62)43(63)41-44(64)46(66)53-32-20-36(58)50-33(32)21-39(61)55(2)24-38(60)51-34(19-30-29-12-8-9-13-31(29)52-40(30)47(67)68)45(65)49-23-37(59)48-22-27(56)18-35(57)54-41/h7-9,11-17,25,27,32-34,41-44,52,56,62-64H,4-6,10,18-24H2,1-3H3,(H,48,59)(H,49,65)(H,50,58)(H,51,60)(H,53,66)(H,54,57)(H,67,68)/b11-7+/t25-,27+,32+,33+,34+,41+,42-,43-,44-/m0/s1. The zero-order valence-electron chi connectivity index (χ0n) is 38.6. The number of methoxy groups -OCH3 is 1. The molecule has 2 aliphatic heterocycles. The molecule has 2 fully saturated rings. The molecule has 0 spiro atoms. The van der Waals surface area contributed by atoms with Crippen LogP contribution in [0.3, 0.4) is 0 Å². The number of unbranched alkanes of at least 4 members (excludes halogenated alkanes) is 2. The number of likely N-dealkylation sites (N-methyl/N-ethyl adjacent to an activating group) is 1. The fourth-order valence-corrected chi connectivity index (χ4v) is 8.23. The summed E-state index contributed by atoms with van der Waals surface area (Å²) in [4.78, 5) is 109. The van der Waals surface area contributed by atoms with E-state index in [4.69, 9.17) is 4.74 Å². The number of carbonyl (C=O) groups excluding carboxylic acids is 7. The van der Waals surface area contributed by atoms with E-state index >= 15 is 0 Å². The first kappa shape index (κ1) is 53.1. The molecule has 3 aromatic rings. The summed E-state index contributed by atoms with van der Waals surface area (Å²) >= 11 is 0. The van der Waals surface area contributed by atoms with Crippen molar-refractivity contribution < 1.29 is 68.6 Å². The second-order valence-electron chi connectivity index (χ2n) is 17.4. The zero-order chi connectivity index (χ0) is 50.4. The monoisotopic (exact) mass is 962 g/mol. The Kier molecular flexibility index (Phi) is 19.2. The van der Waals surface area contributed by atoms with E-state index in [2.05, 4.69) is 36.9 Å². The molecule has 2 aliphatic rings. The first-order chi connectivity index (χ1) is 32.8. The van der Waals surface area contributed by atoms with Crippen LogP contribution in [0.2, 0.25) is 0 Å². The zero-order valence-corrected chi connectivity index (χ0v) is 38.6. The quantitative estimate of drug-likeness (QED) is 0.0878. The van der Waals surface area contributed by atoms with Crippen molar-refractivity contribution in [2.45, 2.75) is 107 Å². The third-order valence-electron chi connectivity index (χ3n) is 12.2. The summed E-state index contributed by atoms with van der Waals surface area (Å²) in [5.41, 5.74) is 1.35. The first-order valence-corrected chi connectivity index (χ1v) is 22.7. The average molecular weight is 963 g/mol. The molecule has 0 saturated carbocycles. The van der Waals surface area contributed by atoms with Crippen LogP contribution in [0.1, 0.15) is 73.5 Å². The average Bonchev–Trinajstić information content (AvgIpc) is 3.87. The molecular weight excluding hydrogens is 901 g/mol. The number of nitrogens with zero attached hydrogens (tertiary/aromatic N) is 1. The number of rotatable bonds is 13. The predicted octanol–water partition coefficient (Wildman–Crippen LogP) is -1.40. The van der Waals surface area contributed by atoms with Crippen LogP contribution in [0, 0.1) is 5.92 Å². The smallest absolute Gasteiger partial charge is 0.352 e. The van der Waals surface area contributed by atoms with Crippen LogP contribution in [0.5, 0.6) is 5.75 Å². The number of ether oxygens (including phenoxy) is 1. The fourth-order valence-electron chi connectivity index (χ4n) is 8.23. The van der Waals surface area contributed by atoms with Gasteiger partial charge in [-0.3, -0.25) is 33.6 Å². The first-order valence-electron chi connectivity index (χ1n) is 22.7. The Bertz CT molecular complexity index is 2360. The van der Waals surface area contributed by atoms with Gasteiger partial charge in [0.25, 0.3) is 5.91 Å². The van der Waals surface area contributed by atoms with Gasteiger partial charge in [0.05, 0.1) is 57.0 Å². The minimum Gasteiger partial charge on any atom is -0.497 e.